The van der Waals surface area contributed by atoms with E-state index in [4.69, 9.17) is 9.15 Å². The van der Waals surface area contributed by atoms with Crippen molar-refractivity contribution >= 4 is 15.9 Å². The number of likely N-dealkylation sites (tertiary alicyclic amines) is 1. The zero-order valence-electron chi connectivity index (χ0n) is 12.9. The van der Waals surface area contributed by atoms with E-state index in [0.717, 1.165) is 12.8 Å². The maximum atomic E-state index is 12.3. The number of amides is 1. The molecule has 3 heterocycles. The summed E-state index contributed by atoms with van der Waals surface area (Å²) in [4.78, 5) is 14.0. The fourth-order valence-electron chi connectivity index (χ4n) is 3.02. The van der Waals surface area contributed by atoms with Crippen molar-refractivity contribution < 1.29 is 22.4 Å². The van der Waals surface area contributed by atoms with E-state index in [9.17, 15) is 13.2 Å². The molecule has 2 saturated heterocycles. The first-order valence-electron chi connectivity index (χ1n) is 7.90. The summed E-state index contributed by atoms with van der Waals surface area (Å²) in [5.74, 6) is 0.820. The summed E-state index contributed by atoms with van der Waals surface area (Å²) in [7, 11) is -3.36. The number of furan rings is 1. The predicted octanol–water partition coefficient (Wildman–Crippen LogP) is 0.584. The van der Waals surface area contributed by atoms with Crippen molar-refractivity contribution in [1.82, 2.24) is 9.62 Å². The first-order chi connectivity index (χ1) is 11.0. The summed E-state index contributed by atoms with van der Waals surface area (Å²) in [6.45, 7) is 2.49. The van der Waals surface area contributed by atoms with Gasteiger partial charge in [0.05, 0.1) is 18.6 Å². The van der Waals surface area contributed by atoms with Crippen LogP contribution in [-0.4, -0.2) is 51.3 Å². The highest BCUT2D eigenvalue weighted by atomic mass is 32.2. The molecule has 2 aliphatic heterocycles. The molecule has 0 atom stereocenters. The molecule has 1 amide bonds. The van der Waals surface area contributed by atoms with Gasteiger partial charge in [-0.25, -0.2) is 13.1 Å². The van der Waals surface area contributed by atoms with E-state index in [1.165, 1.54) is 6.26 Å². The molecule has 3 rings (SSSR count). The Labute approximate surface area is 136 Å². The minimum absolute atomic E-state index is 0.00731. The van der Waals surface area contributed by atoms with Gasteiger partial charge >= 0.3 is 0 Å². The third-order valence-corrected chi connectivity index (χ3v) is 5.84. The SMILES string of the molecule is O=C(C1CCOCC1)N1CC(CS(=O)(=O)NCc2ccco2)C1. The van der Waals surface area contributed by atoms with Crippen molar-refractivity contribution in [1.29, 1.82) is 0 Å². The summed E-state index contributed by atoms with van der Waals surface area (Å²) in [6.07, 6.45) is 3.04. The number of rotatable bonds is 6. The van der Waals surface area contributed by atoms with Gasteiger partial charge in [0.1, 0.15) is 5.76 Å². The van der Waals surface area contributed by atoms with Crippen LogP contribution in [0.5, 0.6) is 0 Å². The van der Waals surface area contributed by atoms with Crippen molar-refractivity contribution in [3.8, 4) is 0 Å². The molecule has 1 aromatic heterocycles. The number of carbonyl (C=O) groups is 1. The van der Waals surface area contributed by atoms with Crippen LogP contribution in [0, 0.1) is 11.8 Å². The van der Waals surface area contributed by atoms with Crippen LogP contribution in [0.1, 0.15) is 18.6 Å². The lowest BCUT2D eigenvalue weighted by atomic mass is 9.94. The molecule has 7 nitrogen and oxygen atoms in total. The van der Waals surface area contributed by atoms with Crippen LogP contribution in [0.25, 0.3) is 0 Å². The summed E-state index contributed by atoms with van der Waals surface area (Å²) in [5.41, 5.74) is 0. The van der Waals surface area contributed by atoms with Gasteiger partial charge in [-0.05, 0) is 25.0 Å². The van der Waals surface area contributed by atoms with E-state index in [0.29, 0.717) is 32.1 Å². The van der Waals surface area contributed by atoms with Gasteiger partial charge in [-0.1, -0.05) is 0 Å². The second-order valence-corrected chi connectivity index (χ2v) is 8.03. The van der Waals surface area contributed by atoms with Crippen LogP contribution in [-0.2, 0) is 26.1 Å². The largest absolute Gasteiger partial charge is 0.468 e. The van der Waals surface area contributed by atoms with Gasteiger partial charge in [0.15, 0.2) is 0 Å². The molecule has 128 valence electrons. The number of nitrogens with zero attached hydrogens (tertiary/aromatic N) is 1. The van der Waals surface area contributed by atoms with Crippen LogP contribution in [0.4, 0.5) is 0 Å². The maximum Gasteiger partial charge on any atom is 0.225 e. The highest BCUT2D eigenvalue weighted by Crippen LogP contribution is 2.24. The Morgan fingerprint density at radius 1 is 1.30 bits per heavy atom. The van der Waals surface area contributed by atoms with E-state index in [1.807, 2.05) is 0 Å². The summed E-state index contributed by atoms with van der Waals surface area (Å²) in [6, 6.07) is 3.44. The highest BCUT2D eigenvalue weighted by Gasteiger charge is 2.37. The number of carbonyl (C=O) groups excluding carboxylic acids is 1. The maximum absolute atomic E-state index is 12.3. The molecule has 1 N–H and O–H groups in total. The third-order valence-electron chi connectivity index (χ3n) is 4.34. The molecule has 0 spiro atoms. The van der Waals surface area contributed by atoms with Crippen LogP contribution in [0.15, 0.2) is 22.8 Å². The van der Waals surface area contributed by atoms with Crippen molar-refractivity contribution in [2.75, 3.05) is 32.1 Å². The molecule has 8 heteroatoms. The van der Waals surface area contributed by atoms with E-state index in [1.54, 1.807) is 17.0 Å². The lowest BCUT2D eigenvalue weighted by Gasteiger charge is -2.41. The Morgan fingerprint density at radius 2 is 2.04 bits per heavy atom. The van der Waals surface area contributed by atoms with E-state index < -0.39 is 10.0 Å². The van der Waals surface area contributed by atoms with Crippen LogP contribution in [0.3, 0.4) is 0 Å². The van der Waals surface area contributed by atoms with Crippen molar-refractivity contribution in [3.05, 3.63) is 24.2 Å². The van der Waals surface area contributed by atoms with Gasteiger partial charge in [0.2, 0.25) is 15.9 Å². The lowest BCUT2D eigenvalue weighted by Crippen LogP contribution is -2.55. The number of ether oxygens (including phenoxy) is 1. The summed E-state index contributed by atoms with van der Waals surface area (Å²) >= 11 is 0. The fourth-order valence-corrected chi connectivity index (χ4v) is 4.33. The minimum atomic E-state index is -3.36. The van der Waals surface area contributed by atoms with E-state index in [-0.39, 0.29) is 30.0 Å². The Bertz CT molecular complexity index is 616. The molecule has 0 saturated carbocycles. The molecule has 2 aliphatic rings. The molecule has 0 aromatic carbocycles. The molecule has 0 bridgehead atoms. The van der Waals surface area contributed by atoms with Crippen LogP contribution >= 0.6 is 0 Å². The lowest BCUT2D eigenvalue weighted by molar-refractivity contribution is -0.144. The number of sulfonamides is 1. The molecule has 0 unspecified atom stereocenters. The standard InChI is InChI=1S/C15H22N2O5S/c18-15(13-3-6-21-7-4-13)17-9-12(10-17)11-23(19,20)16-8-14-2-1-5-22-14/h1-2,5,12-13,16H,3-4,6-11H2. The van der Waals surface area contributed by atoms with Gasteiger partial charge in [0.25, 0.3) is 0 Å². The van der Waals surface area contributed by atoms with Crippen LogP contribution in [0.2, 0.25) is 0 Å². The summed E-state index contributed by atoms with van der Waals surface area (Å²) in [5, 5.41) is 0. The summed E-state index contributed by atoms with van der Waals surface area (Å²) < 4.78 is 37.0. The Kier molecular flexibility index (Phi) is 5.03. The van der Waals surface area contributed by atoms with Crippen LogP contribution < -0.4 is 4.72 Å². The molecular formula is C15H22N2O5S. The van der Waals surface area contributed by atoms with Crippen molar-refractivity contribution in [3.63, 3.8) is 0 Å². The van der Waals surface area contributed by atoms with E-state index in [2.05, 4.69) is 4.72 Å². The van der Waals surface area contributed by atoms with Gasteiger partial charge < -0.3 is 14.1 Å². The van der Waals surface area contributed by atoms with Crippen molar-refractivity contribution in [2.45, 2.75) is 19.4 Å². The smallest absolute Gasteiger partial charge is 0.225 e. The quantitative estimate of drug-likeness (QED) is 0.817. The second kappa shape index (κ2) is 7.02. The average Bonchev–Trinajstić information content (AvgIpc) is 3.02. The number of hydrogen-bond donors (Lipinski definition) is 1. The fraction of sp³-hybridized carbons (Fsp3) is 0.667. The molecule has 2 fully saturated rings. The Hall–Kier alpha value is -1.38. The molecule has 0 radical (unpaired) electrons. The molecule has 23 heavy (non-hydrogen) atoms. The average molecular weight is 342 g/mol. The zero-order valence-corrected chi connectivity index (χ0v) is 13.8. The first kappa shape index (κ1) is 16.5. The Morgan fingerprint density at radius 3 is 2.70 bits per heavy atom. The normalized spacial score (nSPS) is 20.4. The van der Waals surface area contributed by atoms with E-state index >= 15 is 0 Å². The minimum Gasteiger partial charge on any atom is -0.468 e. The van der Waals surface area contributed by atoms with Gasteiger partial charge in [-0.15, -0.1) is 0 Å². The zero-order chi connectivity index (χ0) is 16.3. The first-order valence-corrected chi connectivity index (χ1v) is 9.55. The van der Waals surface area contributed by atoms with Crippen molar-refractivity contribution in [2.24, 2.45) is 11.8 Å². The molecule has 1 aromatic rings. The second-order valence-electron chi connectivity index (χ2n) is 6.18. The molecular weight excluding hydrogens is 320 g/mol. The highest BCUT2D eigenvalue weighted by molar-refractivity contribution is 7.89. The Balaban J connectivity index is 1.41. The third kappa shape index (κ3) is 4.33. The van der Waals surface area contributed by atoms with Gasteiger partial charge in [0, 0.05) is 38.1 Å². The number of nitrogens with one attached hydrogen (secondary N) is 1. The monoisotopic (exact) mass is 342 g/mol. The topological polar surface area (TPSA) is 88.8 Å². The van der Waals surface area contributed by atoms with Gasteiger partial charge in [-0.3, -0.25) is 4.79 Å². The van der Waals surface area contributed by atoms with Gasteiger partial charge in [-0.2, -0.15) is 0 Å². The number of hydrogen-bond acceptors (Lipinski definition) is 5. The molecule has 0 aliphatic carbocycles. The predicted molar refractivity (Wildman–Crippen MR) is 82.9 cm³/mol.